The molecule has 0 saturated carbocycles. The van der Waals surface area contributed by atoms with Crippen LogP contribution < -0.4 is 5.73 Å². The van der Waals surface area contributed by atoms with E-state index in [1.54, 1.807) is 34.6 Å². The number of esters is 2. The van der Waals surface area contributed by atoms with E-state index in [9.17, 15) is 9.59 Å². The SMILES string of the molecule is CC(=O)O[C@@H](COC(C)(C)N)C(=O)OC(C)(C)C. The first-order valence-electron chi connectivity index (χ1n) is 5.73. The van der Waals surface area contributed by atoms with E-state index in [-0.39, 0.29) is 6.61 Å². The molecule has 0 heterocycles. The van der Waals surface area contributed by atoms with Gasteiger partial charge in [0.25, 0.3) is 0 Å². The number of ether oxygens (including phenoxy) is 3. The fourth-order valence-corrected chi connectivity index (χ4v) is 1.01. The third-order valence-corrected chi connectivity index (χ3v) is 1.58. The van der Waals surface area contributed by atoms with Gasteiger partial charge >= 0.3 is 11.9 Å². The normalized spacial score (nSPS) is 13.9. The van der Waals surface area contributed by atoms with Crippen molar-refractivity contribution in [3.8, 4) is 0 Å². The topological polar surface area (TPSA) is 87.9 Å². The summed E-state index contributed by atoms with van der Waals surface area (Å²) in [5, 5.41) is 0. The van der Waals surface area contributed by atoms with E-state index in [0.717, 1.165) is 0 Å². The van der Waals surface area contributed by atoms with Gasteiger partial charge in [0.2, 0.25) is 6.10 Å². The summed E-state index contributed by atoms with van der Waals surface area (Å²) in [5.74, 6) is -1.23. The maximum atomic E-state index is 11.8. The Kier molecular flexibility index (Phi) is 5.76. The van der Waals surface area contributed by atoms with E-state index in [1.807, 2.05) is 0 Å². The van der Waals surface area contributed by atoms with E-state index in [0.29, 0.717) is 0 Å². The molecule has 6 heteroatoms. The molecule has 106 valence electrons. The Balaban J connectivity index is 4.57. The van der Waals surface area contributed by atoms with Crippen LogP contribution in [0.2, 0.25) is 0 Å². The summed E-state index contributed by atoms with van der Waals surface area (Å²) in [5.41, 5.74) is 4.05. The summed E-state index contributed by atoms with van der Waals surface area (Å²) in [6.07, 6.45) is -1.11. The molecule has 1 atom stereocenters. The highest BCUT2D eigenvalue weighted by molar-refractivity contribution is 5.79. The Morgan fingerprint density at radius 2 is 1.67 bits per heavy atom. The second kappa shape index (κ2) is 6.15. The Hall–Kier alpha value is -1.14. The van der Waals surface area contributed by atoms with Crippen LogP contribution in [0.25, 0.3) is 0 Å². The van der Waals surface area contributed by atoms with Crippen LogP contribution in [0.1, 0.15) is 41.5 Å². The van der Waals surface area contributed by atoms with E-state index in [2.05, 4.69) is 0 Å². The van der Waals surface area contributed by atoms with Gasteiger partial charge in [0.15, 0.2) is 0 Å². The highest BCUT2D eigenvalue weighted by atomic mass is 16.6. The molecule has 0 aromatic rings. The molecule has 0 unspecified atom stereocenters. The quantitative estimate of drug-likeness (QED) is 0.586. The van der Waals surface area contributed by atoms with Crippen LogP contribution in [0.3, 0.4) is 0 Å². The molecule has 0 fully saturated rings. The molecule has 6 nitrogen and oxygen atoms in total. The maximum Gasteiger partial charge on any atom is 0.350 e. The summed E-state index contributed by atoms with van der Waals surface area (Å²) < 4.78 is 15.2. The number of nitrogens with two attached hydrogens (primary N) is 1. The van der Waals surface area contributed by atoms with Crippen molar-refractivity contribution < 1.29 is 23.8 Å². The Bertz CT molecular complexity index is 301. The summed E-state index contributed by atoms with van der Waals surface area (Å²) in [6, 6.07) is 0. The van der Waals surface area contributed by atoms with Crippen LogP contribution in [-0.4, -0.2) is 36.0 Å². The van der Waals surface area contributed by atoms with E-state index >= 15 is 0 Å². The molecule has 0 spiro atoms. The van der Waals surface area contributed by atoms with Gasteiger partial charge < -0.3 is 19.9 Å². The van der Waals surface area contributed by atoms with Crippen molar-refractivity contribution in [1.29, 1.82) is 0 Å². The molecule has 0 rings (SSSR count). The molecule has 0 bridgehead atoms. The van der Waals surface area contributed by atoms with Crippen molar-refractivity contribution in [2.75, 3.05) is 6.61 Å². The standard InChI is InChI=1S/C12H23NO5/c1-8(14)17-9(7-16-12(5,6)13)10(15)18-11(2,3)4/h9H,7,13H2,1-6H3/t9-/m0/s1. The lowest BCUT2D eigenvalue weighted by Gasteiger charge is -2.26. The molecule has 0 aromatic heterocycles. The minimum atomic E-state index is -1.11. The first-order chi connectivity index (χ1) is 7.91. The first kappa shape index (κ1) is 16.9. The Morgan fingerprint density at radius 3 is 2.00 bits per heavy atom. The number of carbonyl (C=O) groups excluding carboxylic acids is 2. The molecule has 0 aliphatic heterocycles. The first-order valence-corrected chi connectivity index (χ1v) is 5.73. The largest absolute Gasteiger partial charge is 0.457 e. The third kappa shape index (κ3) is 8.95. The van der Waals surface area contributed by atoms with Crippen molar-refractivity contribution in [3.63, 3.8) is 0 Å². The van der Waals surface area contributed by atoms with Crippen LogP contribution >= 0.6 is 0 Å². The van der Waals surface area contributed by atoms with Gasteiger partial charge in [-0.15, -0.1) is 0 Å². The number of hydrogen-bond acceptors (Lipinski definition) is 6. The fourth-order valence-electron chi connectivity index (χ4n) is 1.01. The number of carbonyl (C=O) groups is 2. The molecular weight excluding hydrogens is 238 g/mol. The number of hydrogen-bond donors (Lipinski definition) is 1. The van der Waals surface area contributed by atoms with Crippen molar-refractivity contribution in [2.45, 2.75) is 59.0 Å². The van der Waals surface area contributed by atoms with E-state index in [4.69, 9.17) is 19.9 Å². The molecule has 0 radical (unpaired) electrons. The molecule has 2 N–H and O–H groups in total. The molecular formula is C12H23NO5. The van der Waals surface area contributed by atoms with Gasteiger partial charge in [0.1, 0.15) is 11.3 Å². The maximum absolute atomic E-state index is 11.8. The Morgan fingerprint density at radius 1 is 1.17 bits per heavy atom. The van der Waals surface area contributed by atoms with Gasteiger partial charge in [0.05, 0.1) is 6.61 Å². The van der Waals surface area contributed by atoms with Crippen molar-refractivity contribution in [1.82, 2.24) is 0 Å². The smallest absolute Gasteiger partial charge is 0.350 e. The van der Waals surface area contributed by atoms with Gasteiger partial charge in [-0.05, 0) is 34.6 Å². The highest BCUT2D eigenvalue weighted by Crippen LogP contribution is 2.11. The lowest BCUT2D eigenvalue weighted by Crippen LogP contribution is -2.43. The number of rotatable bonds is 5. The van der Waals surface area contributed by atoms with E-state index in [1.165, 1.54) is 6.92 Å². The van der Waals surface area contributed by atoms with Crippen molar-refractivity contribution in [2.24, 2.45) is 5.73 Å². The second-order valence-corrected chi connectivity index (χ2v) is 5.55. The van der Waals surface area contributed by atoms with Gasteiger partial charge in [-0.1, -0.05) is 0 Å². The average molecular weight is 261 g/mol. The summed E-state index contributed by atoms with van der Waals surface area (Å²) in [7, 11) is 0. The molecule has 0 aliphatic carbocycles. The van der Waals surface area contributed by atoms with Crippen molar-refractivity contribution in [3.05, 3.63) is 0 Å². The van der Waals surface area contributed by atoms with E-state index < -0.39 is 29.4 Å². The highest BCUT2D eigenvalue weighted by Gasteiger charge is 2.29. The monoisotopic (exact) mass is 261 g/mol. The van der Waals surface area contributed by atoms with Gasteiger partial charge in [-0.3, -0.25) is 4.79 Å². The minimum absolute atomic E-state index is 0.141. The fraction of sp³-hybridized carbons (Fsp3) is 0.833. The van der Waals surface area contributed by atoms with Crippen LogP contribution in [0.4, 0.5) is 0 Å². The summed E-state index contributed by atoms with van der Waals surface area (Å²) in [4.78, 5) is 22.7. The molecule has 18 heavy (non-hydrogen) atoms. The molecule has 0 aliphatic rings. The zero-order chi connectivity index (χ0) is 14.6. The minimum Gasteiger partial charge on any atom is -0.457 e. The van der Waals surface area contributed by atoms with Crippen LogP contribution in [0.15, 0.2) is 0 Å². The zero-order valence-corrected chi connectivity index (χ0v) is 11.9. The summed E-state index contributed by atoms with van der Waals surface area (Å²) >= 11 is 0. The lowest BCUT2D eigenvalue weighted by molar-refractivity contribution is -0.182. The Labute approximate surface area is 108 Å². The zero-order valence-electron chi connectivity index (χ0n) is 11.9. The lowest BCUT2D eigenvalue weighted by atomic mass is 10.2. The summed E-state index contributed by atoms with van der Waals surface area (Å²) in [6.45, 7) is 9.51. The molecule has 0 amide bonds. The van der Waals surface area contributed by atoms with Gasteiger partial charge in [-0.25, -0.2) is 4.79 Å². The second-order valence-electron chi connectivity index (χ2n) is 5.55. The van der Waals surface area contributed by atoms with Gasteiger partial charge in [0, 0.05) is 6.92 Å². The molecule has 0 aromatic carbocycles. The van der Waals surface area contributed by atoms with Gasteiger partial charge in [-0.2, -0.15) is 0 Å². The molecule has 0 saturated heterocycles. The van der Waals surface area contributed by atoms with Crippen LogP contribution in [-0.2, 0) is 23.8 Å². The van der Waals surface area contributed by atoms with Crippen molar-refractivity contribution >= 4 is 11.9 Å². The average Bonchev–Trinajstić information content (AvgIpc) is 2.06. The van der Waals surface area contributed by atoms with Crippen LogP contribution in [0, 0.1) is 0 Å². The van der Waals surface area contributed by atoms with Crippen LogP contribution in [0.5, 0.6) is 0 Å². The predicted molar refractivity (Wildman–Crippen MR) is 65.6 cm³/mol. The predicted octanol–water partition coefficient (Wildman–Crippen LogP) is 0.971. The third-order valence-electron chi connectivity index (χ3n) is 1.58.